The quantitative estimate of drug-likeness (QED) is 0.422. The fourth-order valence-electron chi connectivity index (χ4n) is 3.12. The summed E-state index contributed by atoms with van der Waals surface area (Å²) in [6.07, 6.45) is 6.68. The molecule has 146 valence electrons. The van der Waals surface area contributed by atoms with Crippen LogP contribution in [0.4, 0.5) is 4.39 Å². The van der Waals surface area contributed by atoms with Crippen molar-refractivity contribution in [2.24, 2.45) is 11.1 Å². The molecule has 0 saturated carbocycles. The molecule has 1 aliphatic rings. The number of nitrogens with zero attached hydrogens (tertiary/aromatic N) is 1. The van der Waals surface area contributed by atoms with E-state index in [0.717, 1.165) is 28.4 Å². The van der Waals surface area contributed by atoms with Gasteiger partial charge in [-0.1, -0.05) is 65.5 Å². The van der Waals surface area contributed by atoms with Gasteiger partial charge in [-0.3, -0.25) is 0 Å². The Bertz CT molecular complexity index is 860. The summed E-state index contributed by atoms with van der Waals surface area (Å²) in [7, 11) is 0. The number of halogens is 1. The maximum atomic E-state index is 13.2. The van der Waals surface area contributed by atoms with Gasteiger partial charge in [-0.2, -0.15) is 0 Å². The molecule has 28 heavy (non-hydrogen) atoms. The van der Waals surface area contributed by atoms with E-state index in [1.807, 2.05) is 36.4 Å². The fraction of sp³-hybridized carbons (Fsp3) is 0.261. The molecule has 2 aromatic carbocycles. The van der Waals surface area contributed by atoms with Gasteiger partial charge in [0.25, 0.3) is 0 Å². The molecule has 0 aliphatic carbocycles. The first kappa shape index (κ1) is 20.7. The lowest BCUT2D eigenvalue weighted by Gasteiger charge is -2.14. The van der Waals surface area contributed by atoms with Gasteiger partial charge in [0, 0.05) is 9.99 Å². The monoisotopic (exact) mass is 413 g/mol. The maximum absolute atomic E-state index is 13.2. The van der Waals surface area contributed by atoms with Gasteiger partial charge in [0.05, 0.1) is 5.71 Å². The molecule has 0 fully saturated rings. The molecule has 0 saturated heterocycles. The Labute approximate surface area is 174 Å². The second-order valence-corrected chi connectivity index (χ2v) is 9.45. The molecular weight excluding hydrogens is 389 g/mol. The van der Waals surface area contributed by atoms with Crippen molar-refractivity contribution in [1.29, 1.82) is 0 Å². The summed E-state index contributed by atoms with van der Waals surface area (Å²) in [4.78, 5) is 1.25. The van der Waals surface area contributed by atoms with Gasteiger partial charge in [0.2, 0.25) is 0 Å². The van der Waals surface area contributed by atoms with Crippen molar-refractivity contribution in [2.75, 3.05) is 0 Å². The van der Waals surface area contributed by atoms with E-state index in [9.17, 15) is 9.60 Å². The van der Waals surface area contributed by atoms with Crippen LogP contribution in [-0.2, 0) is 12.2 Å². The Hall–Kier alpha value is -1.98. The van der Waals surface area contributed by atoms with Crippen molar-refractivity contribution in [3.63, 3.8) is 0 Å². The average Bonchev–Trinajstić information content (AvgIpc) is 2.78. The third-order valence-electron chi connectivity index (χ3n) is 4.57. The normalized spacial score (nSPS) is 23.1. The third-order valence-corrected chi connectivity index (χ3v) is 6.86. The summed E-state index contributed by atoms with van der Waals surface area (Å²) in [5.41, 5.74) is 3.06. The van der Waals surface area contributed by atoms with Crippen LogP contribution in [0, 0.1) is 11.7 Å². The minimum atomic E-state index is -0.217. The van der Waals surface area contributed by atoms with Crippen LogP contribution in [-0.4, -0.2) is 10.9 Å². The molecule has 2 nitrogen and oxygen atoms in total. The summed E-state index contributed by atoms with van der Waals surface area (Å²) in [6, 6.07) is 17.0. The highest BCUT2D eigenvalue weighted by molar-refractivity contribution is 8.23. The standard InChI is InChI=1S/C23H24FNOS2/c1-17-7-8-20(13-18-9-11-21(24)12-10-18)14-22(25-26)15-23(28-17)27-16-19-5-3-2-4-6-19/h2-7,9-12,15,20,26H,8,13-14,16H2,1H3/b17-7+,23-15+,25-22+. The van der Waals surface area contributed by atoms with Crippen LogP contribution in [0.15, 0.2) is 81.0 Å². The highest BCUT2D eigenvalue weighted by atomic mass is 32.2. The Morgan fingerprint density at radius 3 is 2.57 bits per heavy atom. The molecule has 2 aromatic rings. The van der Waals surface area contributed by atoms with E-state index in [-0.39, 0.29) is 5.82 Å². The molecular formula is C23H24FNOS2. The number of hydrogen-bond donors (Lipinski definition) is 1. The van der Waals surface area contributed by atoms with Crippen LogP contribution in [0.2, 0.25) is 0 Å². The van der Waals surface area contributed by atoms with E-state index in [4.69, 9.17) is 0 Å². The van der Waals surface area contributed by atoms with E-state index in [1.54, 1.807) is 23.5 Å². The van der Waals surface area contributed by atoms with Gasteiger partial charge in [0.1, 0.15) is 5.82 Å². The Balaban J connectivity index is 1.72. The van der Waals surface area contributed by atoms with Crippen molar-refractivity contribution >= 4 is 29.2 Å². The summed E-state index contributed by atoms with van der Waals surface area (Å²) in [5, 5.41) is 13.1. The summed E-state index contributed by atoms with van der Waals surface area (Å²) >= 11 is 3.49. The molecule has 0 amide bonds. The second-order valence-electron chi connectivity index (χ2n) is 6.88. The Morgan fingerprint density at radius 2 is 1.86 bits per heavy atom. The Morgan fingerprint density at radius 1 is 1.11 bits per heavy atom. The van der Waals surface area contributed by atoms with E-state index in [2.05, 4.69) is 30.3 Å². The van der Waals surface area contributed by atoms with Crippen molar-refractivity contribution < 1.29 is 9.60 Å². The van der Waals surface area contributed by atoms with Crippen LogP contribution in [0.1, 0.15) is 30.9 Å². The summed E-state index contributed by atoms with van der Waals surface area (Å²) in [6.45, 7) is 2.12. The van der Waals surface area contributed by atoms with Crippen LogP contribution < -0.4 is 0 Å². The molecule has 0 aromatic heterocycles. The van der Waals surface area contributed by atoms with Crippen LogP contribution in [0.25, 0.3) is 0 Å². The lowest BCUT2D eigenvalue weighted by Crippen LogP contribution is -2.10. The first-order valence-corrected chi connectivity index (χ1v) is 11.1. The van der Waals surface area contributed by atoms with Gasteiger partial charge in [0.15, 0.2) is 0 Å². The lowest BCUT2D eigenvalue weighted by atomic mass is 9.91. The molecule has 1 heterocycles. The predicted molar refractivity (Wildman–Crippen MR) is 119 cm³/mol. The first-order valence-electron chi connectivity index (χ1n) is 9.31. The number of allylic oxidation sites excluding steroid dienone is 3. The van der Waals surface area contributed by atoms with Crippen LogP contribution in [0.5, 0.6) is 0 Å². The zero-order chi connectivity index (χ0) is 19.8. The van der Waals surface area contributed by atoms with Gasteiger partial charge in [-0.15, -0.1) is 11.8 Å². The molecule has 5 heteroatoms. The summed E-state index contributed by atoms with van der Waals surface area (Å²) in [5.74, 6) is 0.970. The van der Waals surface area contributed by atoms with Gasteiger partial charge < -0.3 is 5.21 Å². The molecule has 0 bridgehead atoms. The molecule has 3 rings (SSSR count). The minimum Gasteiger partial charge on any atom is -0.411 e. The smallest absolute Gasteiger partial charge is 0.123 e. The van der Waals surface area contributed by atoms with Crippen molar-refractivity contribution in [3.8, 4) is 0 Å². The van der Waals surface area contributed by atoms with E-state index in [0.29, 0.717) is 18.1 Å². The minimum absolute atomic E-state index is 0.217. The van der Waals surface area contributed by atoms with E-state index in [1.165, 1.54) is 22.6 Å². The predicted octanol–water partition coefficient (Wildman–Crippen LogP) is 7.02. The zero-order valence-electron chi connectivity index (χ0n) is 15.8. The van der Waals surface area contributed by atoms with Crippen LogP contribution >= 0.6 is 23.5 Å². The molecule has 0 spiro atoms. The summed E-state index contributed by atoms with van der Waals surface area (Å²) < 4.78 is 14.3. The lowest BCUT2D eigenvalue weighted by molar-refractivity contribution is 0.316. The maximum Gasteiger partial charge on any atom is 0.123 e. The topological polar surface area (TPSA) is 32.6 Å². The molecule has 1 N–H and O–H groups in total. The van der Waals surface area contributed by atoms with E-state index < -0.39 is 0 Å². The first-order chi connectivity index (χ1) is 13.6. The number of rotatable bonds is 5. The van der Waals surface area contributed by atoms with Gasteiger partial charge in [-0.05, 0) is 66.3 Å². The third kappa shape index (κ3) is 6.57. The zero-order valence-corrected chi connectivity index (χ0v) is 17.5. The SMILES string of the molecule is C/C1=C\CC(Cc2ccc(F)cc2)CC(=N\O)/C=C(\SCc2ccccc2)S1. The highest BCUT2D eigenvalue weighted by Crippen LogP contribution is 2.38. The van der Waals surface area contributed by atoms with Gasteiger partial charge in [-0.25, -0.2) is 4.39 Å². The van der Waals surface area contributed by atoms with Crippen molar-refractivity contribution in [1.82, 2.24) is 0 Å². The van der Waals surface area contributed by atoms with Crippen molar-refractivity contribution in [3.05, 3.63) is 92.8 Å². The average molecular weight is 414 g/mol. The highest BCUT2D eigenvalue weighted by Gasteiger charge is 2.16. The molecule has 1 aliphatic heterocycles. The fourth-order valence-corrected chi connectivity index (χ4v) is 5.33. The van der Waals surface area contributed by atoms with Gasteiger partial charge >= 0.3 is 0 Å². The second kappa shape index (κ2) is 10.5. The van der Waals surface area contributed by atoms with E-state index >= 15 is 0 Å². The molecule has 1 unspecified atom stereocenters. The number of thioether (sulfide) groups is 2. The molecule has 0 radical (unpaired) electrons. The Kier molecular flexibility index (Phi) is 7.80. The molecule has 1 atom stereocenters. The number of hydrogen-bond acceptors (Lipinski definition) is 4. The number of oxime groups is 1. The van der Waals surface area contributed by atoms with Crippen LogP contribution in [0.3, 0.4) is 0 Å². The largest absolute Gasteiger partial charge is 0.411 e. The number of benzene rings is 2. The van der Waals surface area contributed by atoms with Crippen molar-refractivity contribution in [2.45, 2.75) is 31.9 Å².